The molecule has 1 saturated heterocycles. The van der Waals surface area contributed by atoms with Crippen LogP contribution in [0, 0.1) is 0 Å². The van der Waals surface area contributed by atoms with Gasteiger partial charge in [-0.05, 0) is 23.1 Å². The topological polar surface area (TPSA) is 51.4 Å². The van der Waals surface area contributed by atoms with Gasteiger partial charge in [-0.25, -0.2) is 4.98 Å². The van der Waals surface area contributed by atoms with E-state index < -0.39 is 0 Å². The van der Waals surface area contributed by atoms with E-state index in [-0.39, 0.29) is 0 Å². The van der Waals surface area contributed by atoms with E-state index in [0.717, 1.165) is 37.7 Å². The van der Waals surface area contributed by atoms with Crippen molar-refractivity contribution in [3.8, 4) is 0 Å². The molecule has 1 aliphatic rings. The van der Waals surface area contributed by atoms with Gasteiger partial charge in [0.1, 0.15) is 5.82 Å². The molecule has 4 heteroatoms. The summed E-state index contributed by atoms with van der Waals surface area (Å²) in [4.78, 5) is 6.81. The summed E-state index contributed by atoms with van der Waals surface area (Å²) < 4.78 is 5.38. The Kier molecular flexibility index (Phi) is 3.13. The van der Waals surface area contributed by atoms with Gasteiger partial charge in [0.2, 0.25) is 0 Å². The number of benzene rings is 1. The number of nitrogens with two attached hydrogens (primary N) is 1. The molecule has 18 heavy (non-hydrogen) atoms. The Balaban J connectivity index is 2.05. The van der Waals surface area contributed by atoms with Crippen LogP contribution in [0.1, 0.15) is 5.56 Å². The molecule has 2 heterocycles. The minimum absolute atomic E-state index is 0.575. The predicted octanol–water partition coefficient (Wildman–Crippen LogP) is 1.53. The number of anilines is 1. The molecule has 2 N–H and O–H groups in total. The van der Waals surface area contributed by atoms with Gasteiger partial charge in [0, 0.05) is 31.2 Å². The number of rotatable bonds is 2. The van der Waals surface area contributed by atoms with Crippen molar-refractivity contribution in [1.82, 2.24) is 4.98 Å². The van der Waals surface area contributed by atoms with E-state index in [2.05, 4.69) is 28.1 Å². The molecule has 94 valence electrons. The Morgan fingerprint density at radius 3 is 2.83 bits per heavy atom. The van der Waals surface area contributed by atoms with Crippen LogP contribution in [-0.4, -0.2) is 31.3 Å². The van der Waals surface area contributed by atoms with Crippen LogP contribution in [0.4, 0.5) is 5.82 Å². The van der Waals surface area contributed by atoms with E-state index in [1.807, 2.05) is 12.3 Å². The van der Waals surface area contributed by atoms with Crippen molar-refractivity contribution in [2.75, 3.05) is 31.2 Å². The fourth-order valence-electron chi connectivity index (χ4n) is 2.37. The Bertz CT molecular complexity index is 550. The van der Waals surface area contributed by atoms with Crippen molar-refractivity contribution in [2.24, 2.45) is 5.73 Å². The molecule has 0 unspecified atom stereocenters. The fourth-order valence-corrected chi connectivity index (χ4v) is 2.37. The van der Waals surface area contributed by atoms with Crippen LogP contribution in [0.15, 0.2) is 30.5 Å². The van der Waals surface area contributed by atoms with Gasteiger partial charge in [-0.3, -0.25) is 0 Å². The van der Waals surface area contributed by atoms with Crippen molar-refractivity contribution in [3.63, 3.8) is 0 Å². The largest absolute Gasteiger partial charge is 0.378 e. The molecule has 1 aromatic heterocycles. The van der Waals surface area contributed by atoms with Gasteiger partial charge in [0.05, 0.1) is 13.2 Å². The maximum Gasteiger partial charge on any atom is 0.136 e. The molecule has 2 aromatic rings. The molecule has 0 bridgehead atoms. The molecule has 1 aromatic carbocycles. The summed E-state index contributed by atoms with van der Waals surface area (Å²) in [6.07, 6.45) is 1.87. The van der Waals surface area contributed by atoms with Gasteiger partial charge in [-0.2, -0.15) is 0 Å². The zero-order valence-electron chi connectivity index (χ0n) is 10.3. The average molecular weight is 243 g/mol. The van der Waals surface area contributed by atoms with Crippen molar-refractivity contribution < 1.29 is 4.74 Å². The lowest BCUT2D eigenvalue weighted by Gasteiger charge is -2.28. The van der Waals surface area contributed by atoms with Crippen LogP contribution in [0.2, 0.25) is 0 Å². The van der Waals surface area contributed by atoms with Crippen LogP contribution < -0.4 is 10.6 Å². The molecule has 4 nitrogen and oxygen atoms in total. The standard InChI is InChI=1S/C14H17N3O/c15-10-11-1-2-13-12(9-11)3-4-16-14(13)17-5-7-18-8-6-17/h1-4,9H,5-8,10,15H2. The Labute approximate surface area is 106 Å². The number of hydrogen-bond donors (Lipinski definition) is 1. The van der Waals surface area contributed by atoms with E-state index >= 15 is 0 Å². The molecule has 0 spiro atoms. The average Bonchev–Trinajstić information content (AvgIpc) is 2.47. The number of hydrogen-bond acceptors (Lipinski definition) is 4. The highest BCUT2D eigenvalue weighted by Crippen LogP contribution is 2.25. The molecule has 0 saturated carbocycles. The smallest absolute Gasteiger partial charge is 0.136 e. The molecule has 0 aliphatic carbocycles. The van der Waals surface area contributed by atoms with Crippen LogP contribution in [0.25, 0.3) is 10.8 Å². The van der Waals surface area contributed by atoms with E-state index in [9.17, 15) is 0 Å². The first kappa shape index (κ1) is 11.4. The Hall–Kier alpha value is -1.65. The second-order valence-electron chi connectivity index (χ2n) is 4.49. The number of pyridine rings is 1. The third-order valence-electron chi connectivity index (χ3n) is 3.35. The minimum Gasteiger partial charge on any atom is -0.378 e. The number of morpholine rings is 1. The summed E-state index contributed by atoms with van der Waals surface area (Å²) in [5.41, 5.74) is 6.83. The Morgan fingerprint density at radius 1 is 1.22 bits per heavy atom. The minimum atomic E-state index is 0.575. The van der Waals surface area contributed by atoms with Crippen LogP contribution in [-0.2, 0) is 11.3 Å². The van der Waals surface area contributed by atoms with Crippen molar-refractivity contribution in [1.29, 1.82) is 0 Å². The molecule has 0 atom stereocenters. The second kappa shape index (κ2) is 4.92. The zero-order valence-corrected chi connectivity index (χ0v) is 10.3. The van der Waals surface area contributed by atoms with E-state index in [4.69, 9.17) is 10.5 Å². The number of ether oxygens (including phenoxy) is 1. The summed E-state index contributed by atoms with van der Waals surface area (Å²) in [5, 5.41) is 2.39. The molecule has 1 aliphatic heterocycles. The quantitative estimate of drug-likeness (QED) is 0.869. The first-order valence-electron chi connectivity index (χ1n) is 6.29. The lowest BCUT2D eigenvalue weighted by atomic mass is 10.1. The maximum atomic E-state index is 5.68. The lowest BCUT2D eigenvalue weighted by molar-refractivity contribution is 0.122. The third kappa shape index (κ3) is 2.05. The molecular weight excluding hydrogens is 226 g/mol. The van der Waals surface area contributed by atoms with Crippen LogP contribution >= 0.6 is 0 Å². The lowest BCUT2D eigenvalue weighted by Crippen LogP contribution is -2.36. The predicted molar refractivity (Wildman–Crippen MR) is 72.7 cm³/mol. The van der Waals surface area contributed by atoms with Gasteiger partial charge < -0.3 is 15.4 Å². The monoisotopic (exact) mass is 243 g/mol. The summed E-state index contributed by atoms with van der Waals surface area (Å²) in [7, 11) is 0. The van der Waals surface area contributed by atoms with Gasteiger partial charge in [0.25, 0.3) is 0 Å². The highest BCUT2D eigenvalue weighted by molar-refractivity contribution is 5.92. The summed E-state index contributed by atoms with van der Waals surface area (Å²) in [6, 6.07) is 8.38. The van der Waals surface area contributed by atoms with E-state index in [0.29, 0.717) is 6.54 Å². The fraction of sp³-hybridized carbons (Fsp3) is 0.357. The SMILES string of the molecule is NCc1ccc2c(N3CCOCC3)nccc2c1. The molecule has 3 rings (SSSR count). The molecule has 0 amide bonds. The Morgan fingerprint density at radius 2 is 2.06 bits per heavy atom. The maximum absolute atomic E-state index is 5.68. The normalized spacial score (nSPS) is 16.2. The van der Waals surface area contributed by atoms with Crippen molar-refractivity contribution >= 4 is 16.6 Å². The highest BCUT2D eigenvalue weighted by Gasteiger charge is 2.14. The number of fused-ring (bicyclic) bond motifs is 1. The highest BCUT2D eigenvalue weighted by atomic mass is 16.5. The second-order valence-corrected chi connectivity index (χ2v) is 4.49. The molecule has 0 radical (unpaired) electrons. The first-order chi connectivity index (χ1) is 8.88. The van der Waals surface area contributed by atoms with E-state index in [1.165, 1.54) is 10.8 Å². The molecule has 1 fully saturated rings. The van der Waals surface area contributed by atoms with Gasteiger partial charge in [0.15, 0.2) is 0 Å². The number of nitrogens with zero attached hydrogens (tertiary/aromatic N) is 2. The van der Waals surface area contributed by atoms with Gasteiger partial charge >= 0.3 is 0 Å². The van der Waals surface area contributed by atoms with Crippen LogP contribution in [0.5, 0.6) is 0 Å². The summed E-state index contributed by atoms with van der Waals surface area (Å²) in [5.74, 6) is 1.05. The third-order valence-corrected chi connectivity index (χ3v) is 3.35. The first-order valence-corrected chi connectivity index (χ1v) is 6.29. The van der Waals surface area contributed by atoms with Crippen molar-refractivity contribution in [3.05, 3.63) is 36.0 Å². The van der Waals surface area contributed by atoms with Crippen molar-refractivity contribution in [2.45, 2.75) is 6.54 Å². The van der Waals surface area contributed by atoms with Gasteiger partial charge in [-0.15, -0.1) is 0 Å². The number of aromatic nitrogens is 1. The van der Waals surface area contributed by atoms with E-state index in [1.54, 1.807) is 0 Å². The van der Waals surface area contributed by atoms with Gasteiger partial charge in [-0.1, -0.05) is 12.1 Å². The molecular formula is C14H17N3O. The summed E-state index contributed by atoms with van der Waals surface area (Å²) in [6.45, 7) is 3.94. The van der Waals surface area contributed by atoms with Crippen LogP contribution in [0.3, 0.4) is 0 Å². The zero-order chi connectivity index (χ0) is 12.4. The summed E-state index contributed by atoms with van der Waals surface area (Å²) >= 11 is 0.